The van der Waals surface area contributed by atoms with Gasteiger partial charge in [0.15, 0.2) is 0 Å². The highest BCUT2D eigenvalue weighted by molar-refractivity contribution is 7.80. The van der Waals surface area contributed by atoms with Crippen molar-refractivity contribution in [3.8, 4) is 11.5 Å². The molecule has 168 valence electrons. The van der Waals surface area contributed by atoms with Gasteiger partial charge in [0, 0.05) is 5.56 Å². The van der Waals surface area contributed by atoms with Gasteiger partial charge < -0.3 is 30.0 Å². The molecule has 1 saturated heterocycles. The summed E-state index contributed by atoms with van der Waals surface area (Å²) in [5, 5.41) is 16.4. The van der Waals surface area contributed by atoms with Gasteiger partial charge in [0.25, 0.3) is 6.79 Å². The average molecular weight is 460 g/mol. The van der Waals surface area contributed by atoms with Crippen molar-refractivity contribution < 1.29 is 33.6 Å². The summed E-state index contributed by atoms with van der Waals surface area (Å²) >= 11 is 4.86. The fraction of sp³-hybridized carbons (Fsp3) is 0.250. The van der Waals surface area contributed by atoms with Crippen LogP contribution in [0.15, 0.2) is 53.8 Å². The van der Waals surface area contributed by atoms with Gasteiger partial charge in [0.2, 0.25) is 5.28 Å². The van der Waals surface area contributed by atoms with E-state index in [-0.39, 0.29) is 22.1 Å². The molecule has 0 saturated carbocycles. The molecule has 12 heteroatoms. The molecule has 11 nitrogen and oxygen atoms in total. The lowest BCUT2D eigenvalue weighted by molar-refractivity contribution is -0.708. The molecule has 0 unspecified atom stereocenters. The van der Waals surface area contributed by atoms with E-state index in [9.17, 15) is 14.8 Å². The van der Waals surface area contributed by atoms with Crippen molar-refractivity contribution in [1.82, 2.24) is 5.01 Å². The first-order valence-electron chi connectivity index (χ1n) is 9.55. The van der Waals surface area contributed by atoms with Gasteiger partial charge in [-0.3, -0.25) is 0 Å². The summed E-state index contributed by atoms with van der Waals surface area (Å²) in [5.74, 6) is -0.727. The third-order valence-electron chi connectivity index (χ3n) is 4.34. The Hall–Kier alpha value is -3.93. The van der Waals surface area contributed by atoms with Crippen LogP contribution in [0.25, 0.3) is 0 Å². The number of ether oxygens (including phenoxy) is 3. The van der Waals surface area contributed by atoms with Crippen LogP contribution in [-0.4, -0.2) is 47.0 Å². The molecular formula is C20H20N4O7S. The minimum Gasteiger partial charge on any atom is -0.569 e. The molecule has 1 aliphatic heterocycles. The second-order valence-corrected chi connectivity index (χ2v) is 6.95. The van der Waals surface area contributed by atoms with E-state index >= 15 is 0 Å². The monoisotopic (exact) mass is 460 g/mol. The van der Waals surface area contributed by atoms with Gasteiger partial charge >= 0.3 is 12.1 Å². The Morgan fingerprint density at radius 3 is 2.47 bits per heavy atom. The molecule has 0 radical (unpaired) electrons. The molecular weight excluding hydrogens is 440 g/mol. The lowest BCUT2D eigenvalue weighted by atomic mass is 10.2. The van der Waals surface area contributed by atoms with Crippen molar-refractivity contribution in [1.29, 1.82) is 0 Å². The van der Waals surface area contributed by atoms with E-state index in [1.165, 1.54) is 29.3 Å². The Kier molecular flexibility index (Phi) is 7.75. The van der Waals surface area contributed by atoms with Crippen molar-refractivity contribution in [2.75, 3.05) is 19.9 Å². The average Bonchev–Trinajstić information content (AvgIpc) is 3.32. The number of hydrogen-bond donors (Lipinski definition) is 1. The fourth-order valence-corrected chi connectivity index (χ4v) is 2.91. The van der Waals surface area contributed by atoms with E-state index in [0.29, 0.717) is 23.6 Å². The summed E-state index contributed by atoms with van der Waals surface area (Å²) in [6, 6.07) is 12.1. The minimum atomic E-state index is -1.06. The summed E-state index contributed by atoms with van der Waals surface area (Å²) < 4.78 is 15.1. The molecule has 2 N–H and O–H groups in total. The highest BCUT2D eigenvalue weighted by Crippen LogP contribution is 2.21. The van der Waals surface area contributed by atoms with Crippen LogP contribution < -0.4 is 15.2 Å². The number of hydrogen-bond acceptors (Lipinski definition) is 9. The Morgan fingerprint density at radius 2 is 1.78 bits per heavy atom. The molecule has 0 spiro atoms. The van der Waals surface area contributed by atoms with Gasteiger partial charge in [0.1, 0.15) is 22.1 Å². The van der Waals surface area contributed by atoms with E-state index in [1.54, 1.807) is 24.3 Å². The number of para-hydroxylation sites is 1. The molecule has 3 rings (SSSR count). The predicted molar refractivity (Wildman–Crippen MR) is 114 cm³/mol. The molecule has 0 amide bonds. The third kappa shape index (κ3) is 6.28. The standard InChI is InChI=1S/C20H20N4O7S/c21-18(32)14-7-9-15(10-8-14)30-20(26)31-17-6-2-1-5-16(17)19(25)28-13-29-22-24(27)23-11-3-4-12-23/h1-2,5-10H,3-4,11-13H2,(H2,21,32)/b24-22-. The zero-order chi connectivity index (χ0) is 22.9. The second-order valence-electron chi connectivity index (χ2n) is 6.51. The van der Waals surface area contributed by atoms with Crippen LogP contribution >= 0.6 is 12.2 Å². The minimum absolute atomic E-state index is 0.0459. The molecule has 0 aliphatic carbocycles. The summed E-state index contributed by atoms with van der Waals surface area (Å²) in [5.41, 5.74) is 6.09. The molecule has 0 bridgehead atoms. The van der Waals surface area contributed by atoms with Gasteiger partial charge in [-0.15, -0.1) is 5.01 Å². The molecule has 2 aromatic rings. The molecule has 2 aromatic carbocycles. The summed E-state index contributed by atoms with van der Waals surface area (Å²) in [4.78, 5) is 29.7. The van der Waals surface area contributed by atoms with E-state index in [2.05, 4.69) is 5.28 Å². The van der Waals surface area contributed by atoms with Crippen molar-refractivity contribution in [2.45, 2.75) is 12.8 Å². The maximum absolute atomic E-state index is 12.3. The van der Waals surface area contributed by atoms with Crippen LogP contribution in [0.2, 0.25) is 0 Å². The quantitative estimate of drug-likeness (QED) is 0.0914. The number of hydrazine groups is 1. The number of carbonyl (C=O) groups excluding carboxylic acids is 2. The van der Waals surface area contributed by atoms with E-state index < -0.39 is 18.9 Å². The Balaban J connectivity index is 1.53. The molecule has 0 atom stereocenters. The number of nitrogens with two attached hydrogens (primary N) is 1. The van der Waals surface area contributed by atoms with Gasteiger partial charge in [-0.2, -0.15) is 0 Å². The van der Waals surface area contributed by atoms with Crippen LogP contribution in [0.5, 0.6) is 11.5 Å². The Bertz CT molecular complexity index is 1010. The van der Waals surface area contributed by atoms with Crippen LogP contribution in [0.4, 0.5) is 4.79 Å². The molecule has 32 heavy (non-hydrogen) atoms. The Labute approximate surface area is 188 Å². The van der Waals surface area contributed by atoms with Crippen molar-refractivity contribution in [3.05, 3.63) is 64.9 Å². The first kappa shape index (κ1) is 22.7. The number of benzene rings is 2. The Morgan fingerprint density at radius 1 is 1.09 bits per heavy atom. The predicted octanol–water partition coefficient (Wildman–Crippen LogP) is 2.92. The number of esters is 1. The largest absolute Gasteiger partial charge is 0.569 e. The van der Waals surface area contributed by atoms with Gasteiger partial charge in [0.05, 0.1) is 18.1 Å². The normalized spacial score (nSPS) is 13.4. The second kappa shape index (κ2) is 10.9. The smallest absolute Gasteiger partial charge is 0.519 e. The van der Waals surface area contributed by atoms with Crippen molar-refractivity contribution >= 4 is 29.3 Å². The molecule has 1 heterocycles. The first-order chi connectivity index (χ1) is 15.4. The van der Waals surface area contributed by atoms with E-state index in [4.69, 9.17) is 37.0 Å². The summed E-state index contributed by atoms with van der Waals surface area (Å²) in [6.45, 7) is 0.572. The van der Waals surface area contributed by atoms with Crippen molar-refractivity contribution in [3.63, 3.8) is 0 Å². The third-order valence-corrected chi connectivity index (χ3v) is 4.57. The van der Waals surface area contributed by atoms with E-state index in [1.807, 2.05) is 0 Å². The number of thiocarbonyl (C=S) groups is 1. The number of nitrogens with zero attached hydrogens (tertiary/aromatic N) is 3. The highest BCUT2D eigenvalue weighted by atomic mass is 32.1. The maximum atomic E-state index is 12.3. The highest BCUT2D eigenvalue weighted by Gasteiger charge is 2.20. The number of carbonyl (C=O) groups is 2. The van der Waals surface area contributed by atoms with E-state index in [0.717, 1.165) is 12.8 Å². The SMILES string of the molecule is NC(=S)c1ccc(OC(=O)Oc2ccccc2C(=O)OCO/N=[N+](\[O-])N2CCCC2)cc1. The van der Waals surface area contributed by atoms with Gasteiger partial charge in [-0.1, -0.05) is 24.4 Å². The van der Waals surface area contributed by atoms with Gasteiger partial charge in [-0.05, 0) is 49.2 Å². The van der Waals surface area contributed by atoms with Gasteiger partial charge in [-0.25, -0.2) is 9.59 Å². The zero-order valence-corrected chi connectivity index (χ0v) is 17.7. The summed E-state index contributed by atoms with van der Waals surface area (Å²) in [7, 11) is 0. The summed E-state index contributed by atoms with van der Waals surface area (Å²) in [6.07, 6.45) is 0.734. The van der Waals surface area contributed by atoms with Crippen LogP contribution in [0.3, 0.4) is 0 Å². The molecule has 0 aromatic heterocycles. The van der Waals surface area contributed by atoms with Crippen molar-refractivity contribution in [2.24, 2.45) is 11.0 Å². The number of rotatable bonds is 8. The fourth-order valence-electron chi connectivity index (χ4n) is 2.77. The zero-order valence-electron chi connectivity index (χ0n) is 16.8. The topological polar surface area (TPSA) is 139 Å². The molecule has 1 aliphatic rings. The van der Waals surface area contributed by atoms with Crippen LogP contribution in [0, 0.1) is 5.21 Å². The lowest BCUT2D eigenvalue weighted by Gasteiger charge is -2.11. The molecule has 1 fully saturated rings. The van der Waals surface area contributed by atoms with Crippen LogP contribution in [0.1, 0.15) is 28.8 Å². The van der Waals surface area contributed by atoms with Crippen LogP contribution in [-0.2, 0) is 9.57 Å². The maximum Gasteiger partial charge on any atom is 0.519 e. The first-order valence-corrected chi connectivity index (χ1v) is 9.95. The lowest BCUT2D eigenvalue weighted by Crippen LogP contribution is -2.27.